The van der Waals surface area contributed by atoms with Crippen molar-refractivity contribution in [2.75, 3.05) is 0 Å². The Morgan fingerprint density at radius 1 is 0.905 bits per heavy atom. The predicted octanol–water partition coefficient (Wildman–Crippen LogP) is 5.23. The molecule has 0 atom stereocenters. The van der Waals surface area contributed by atoms with Crippen molar-refractivity contribution in [3.63, 3.8) is 0 Å². The van der Waals surface area contributed by atoms with Crippen LogP contribution < -0.4 is 0 Å². The Morgan fingerprint density at radius 3 is 1.81 bits per heavy atom. The lowest BCUT2D eigenvalue weighted by atomic mass is 9.82. The highest BCUT2D eigenvalue weighted by Gasteiger charge is 2.29. The minimum Gasteiger partial charge on any atom is -0.341 e. The molecule has 116 valence electrons. The quantitative estimate of drug-likeness (QED) is 0.767. The van der Waals surface area contributed by atoms with Crippen LogP contribution in [0.2, 0.25) is 0 Å². The van der Waals surface area contributed by atoms with Crippen molar-refractivity contribution in [2.24, 2.45) is 0 Å². The first-order valence-corrected chi connectivity index (χ1v) is 6.96. The molecule has 2 nitrogen and oxygen atoms in total. The molecule has 0 spiro atoms. The van der Waals surface area contributed by atoms with Crippen molar-refractivity contribution in [2.45, 2.75) is 52.4 Å². The number of nitrogens with one attached hydrogen (secondary N) is 1. The summed E-state index contributed by atoms with van der Waals surface area (Å²) in [5, 5.41) is 0. The van der Waals surface area contributed by atoms with E-state index in [0.29, 0.717) is 0 Å². The van der Waals surface area contributed by atoms with Crippen LogP contribution >= 0.6 is 12.4 Å². The summed E-state index contributed by atoms with van der Waals surface area (Å²) < 4.78 is 13.0. The fraction of sp³-hybridized carbons (Fsp3) is 0.471. The number of aromatic amines is 1. The number of benzene rings is 1. The Balaban J connectivity index is 0.00000220. The number of H-pyrrole nitrogens is 1. The van der Waals surface area contributed by atoms with Crippen molar-refractivity contribution in [3.8, 4) is 11.4 Å². The molecule has 1 N–H and O–H groups in total. The van der Waals surface area contributed by atoms with Gasteiger partial charge in [0.2, 0.25) is 0 Å². The van der Waals surface area contributed by atoms with E-state index in [2.05, 4.69) is 46.5 Å². The monoisotopic (exact) mass is 310 g/mol. The second-order valence-corrected chi connectivity index (χ2v) is 7.32. The van der Waals surface area contributed by atoms with Gasteiger partial charge in [0.15, 0.2) is 0 Å². The molecule has 2 rings (SSSR count). The third-order valence-corrected chi connectivity index (χ3v) is 3.28. The molecule has 21 heavy (non-hydrogen) atoms. The third-order valence-electron chi connectivity index (χ3n) is 3.28. The Kier molecular flexibility index (Phi) is 4.89. The number of rotatable bonds is 1. The average molecular weight is 311 g/mol. The van der Waals surface area contributed by atoms with E-state index in [1.807, 2.05) is 0 Å². The largest absolute Gasteiger partial charge is 0.341 e. The first kappa shape index (κ1) is 17.7. The molecule has 0 radical (unpaired) electrons. The van der Waals surface area contributed by atoms with Crippen molar-refractivity contribution < 1.29 is 4.39 Å². The van der Waals surface area contributed by atoms with Crippen LogP contribution in [0.15, 0.2) is 24.3 Å². The third kappa shape index (κ3) is 3.85. The number of imidazole rings is 1. The van der Waals surface area contributed by atoms with E-state index in [0.717, 1.165) is 22.8 Å². The highest BCUT2D eigenvalue weighted by molar-refractivity contribution is 5.85. The second-order valence-electron chi connectivity index (χ2n) is 7.32. The fourth-order valence-corrected chi connectivity index (χ4v) is 2.20. The van der Waals surface area contributed by atoms with Crippen LogP contribution in [0.3, 0.4) is 0 Å². The van der Waals surface area contributed by atoms with Crippen LogP contribution in [0, 0.1) is 5.82 Å². The van der Waals surface area contributed by atoms with Gasteiger partial charge in [-0.3, -0.25) is 0 Å². The van der Waals surface area contributed by atoms with Crippen molar-refractivity contribution in [3.05, 3.63) is 41.5 Å². The topological polar surface area (TPSA) is 28.7 Å². The lowest BCUT2D eigenvalue weighted by Crippen LogP contribution is -2.21. The Bertz CT molecular complexity index is 570. The highest BCUT2D eigenvalue weighted by Crippen LogP contribution is 2.34. The highest BCUT2D eigenvalue weighted by atomic mass is 35.5. The normalized spacial score (nSPS) is 12.1. The standard InChI is InChI=1S/C17H23FN2.ClH/c1-16(2,3)13-14(17(4,5)6)20-15(19-13)11-7-9-12(18)10-8-11;/h7-10H,1-6H3,(H,19,20);1H. The summed E-state index contributed by atoms with van der Waals surface area (Å²) >= 11 is 0. The van der Waals surface area contributed by atoms with Gasteiger partial charge in [-0.05, 0) is 24.3 Å². The van der Waals surface area contributed by atoms with Crippen LogP contribution in [0.4, 0.5) is 4.39 Å². The molecular weight excluding hydrogens is 287 g/mol. The van der Waals surface area contributed by atoms with Gasteiger partial charge >= 0.3 is 0 Å². The molecule has 2 aromatic rings. The summed E-state index contributed by atoms with van der Waals surface area (Å²) in [6, 6.07) is 6.44. The van der Waals surface area contributed by atoms with Crippen molar-refractivity contribution >= 4 is 12.4 Å². The first-order valence-electron chi connectivity index (χ1n) is 6.96. The molecular formula is C17H24ClFN2. The van der Waals surface area contributed by atoms with Gasteiger partial charge in [-0.1, -0.05) is 41.5 Å². The van der Waals surface area contributed by atoms with Gasteiger partial charge in [-0.25, -0.2) is 9.37 Å². The lowest BCUT2D eigenvalue weighted by molar-refractivity contribution is 0.512. The Labute approximate surface area is 132 Å². The summed E-state index contributed by atoms with van der Waals surface area (Å²) in [5.41, 5.74) is 3.09. The predicted molar refractivity (Wildman–Crippen MR) is 88.6 cm³/mol. The number of nitrogens with zero attached hydrogens (tertiary/aromatic N) is 1. The summed E-state index contributed by atoms with van der Waals surface area (Å²) in [6.07, 6.45) is 0. The molecule has 1 aromatic heterocycles. The maximum absolute atomic E-state index is 13.0. The van der Waals surface area contributed by atoms with E-state index in [1.165, 1.54) is 12.1 Å². The van der Waals surface area contributed by atoms with E-state index >= 15 is 0 Å². The maximum atomic E-state index is 13.0. The minimum atomic E-state index is -0.229. The molecule has 0 aliphatic rings. The number of hydrogen-bond acceptors (Lipinski definition) is 1. The van der Waals surface area contributed by atoms with Gasteiger partial charge in [0.25, 0.3) is 0 Å². The minimum absolute atomic E-state index is 0. The van der Waals surface area contributed by atoms with Gasteiger partial charge in [-0.15, -0.1) is 12.4 Å². The van der Waals surface area contributed by atoms with Gasteiger partial charge in [-0.2, -0.15) is 0 Å². The molecule has 4 heteroatoms. The van der Waals surface area contributed by atoms with Crippen molar-refractivity contribution in [1.29, 1.82) is 0 Å². The van der Waals surface area contributed by atoms with Gasteiger partial charge in [0.05, 0.1) is 5.69 Å². The van der Waals surface area contributed by atoms with Crippen LogP contribution in [0.1, 0.15) is 52.9 Å². The molecule has 0 bridgehead atoms. The average Bonchev–Trinajstić information content (AvgIpc) is 2.74. The van der Waals surface area contributed by atoms with Crippen LogP contribution in [-0.4, -0.2) is 9.97 Å². The van der Waals surface area contributed by atoms with E-state index in [-0.39, 0.29) is 29.1 Å². The molecule has 0 unspecified atom stereocenters. The smallest absolute Gasteiger partial charge is 0.137 e. The van der Waals surface area contributed by atoms with E-state index in [4.69, 9.17) is 4.98 Å². The zero-order chi connectivity index (χ0) is 15.1. The molecule has 1 heterocycles. The van der Waals surface area contributed by atoms with Gasteiger partial charge in [0, 0.05) is 22.1 Å². The van der Waals surface area contributed by atoms with Gasteiger partial charge in [0.1, 0.15) is 11.6 Å². The van der Waals surface area contributed by atoms with E-state index in [1.54, 1.807) is 12.1 Å². The van der Waals surface area contributed by atoms with Crippen LogP contribution in [-0.2, 0) is 10.8 Å². The lowest BCUT2D eigenvalue weighted by Gasteiger charge is -2.24. The first-order chi connectivity index (χ1) is 9.09. The Morgan fingerprint density at radius 2 is 1.43 bits per heavy atom. The number of hydrogen-bond donors (Lipinski definition) is 1. The summed E-state index contributed by atoms with van der Waals surface area (Å²) in [5.74, 6) is 0.576. The van der Waals surface area contributed by atoms with Crippen LogP contribution in [0.25, 0.3) is 11.4 Å². The zero-order valence-corrected chi connectivity index (χ0v) is 14.4. The van der Waals surface area contributed by atoms with E-state index < -0.39 is 0 Å². The molecule has 1 aromatic carbocycles. The summed E-state index contributed by atoms with van der Waals surface area (Å²) in [6.45, 7) is 13.0. The van der Waals surface area contributed by atoms with Crippen LogP contribution in [0.5, 0.6) is 0 Å². The SMILES string of the molecule is CC(C)(C)c1nc(-c2ccc(F)cc2)[nH]c1C(C)(C)C.Cl. The molecule has 0 aliphatic carbocycles. The van der Waals surface area contributed by atoms with Gasteiger partial charge < -0.3 is 4.98 Å². The Hall–Kier alpha value is -1.35. The molecule has 0 saturated carbocycles. The molecule has 0 saturated heterocycles. The summed E-state index contributed by atoms with van der Waals surface area (Å²) in [7, 11) is 0. The zero-order valence-electron chi connectivity index (χ0n) is 13.5. The molecule has 0 aliphatic heterocycles. The molecule has 0 amide bonds. The summed E-state index contributed by atoms with van der Waals surface area (Å²) in [4.78, 5) is 8.20. The molecule has 0 fully saturated rings. The van der Waals surface area contributed by atoms with E-state index in [9.17, 15) is 4.39 Å². The number of halogens is 2. The maximum Gasteiger partial charge on any atom is 0.137 e. The van der Waals surface area contributed by atoms with Crippen molar-refractivity contribution in [1.82, 2.24) is 9.97 Å². The number of aromatic nitrogens is 2. The second kappa shape index (κ2) is 5.80. The fourth-order valence-electron chi connectivity index (χ4n) is 2.20.